The molecule has 1 aromatic rings. The monoisotopic (exact) mass is 386 g/mol. The molecule has 3 aliphatic heterocycles. The molecule has 0 bridgehead atoms. The number of carbonyl (C=O) groups is 1. The van der Waals surface area contributed by atoms with Crippen LogP contribution < -0.4 is 10.2 Å². The lowest BCUT2D eigenvalue weighted by molar-refractivity contribution is 0.0766. The molecule has 0 aliphatic carbocycles. The summed E-state index contributed by atoms with van der Waals surface area (Å²) >= 11 is 0. The van der Waals surface area contributed by atoms with Crippen LogP contribution in [0.1, 0.15) is 36.0 Å². The van der Waals surface area contributed by atoms with Crippen LogP contribution in [0.2, 0.25) is 0 Å². The van der Waals surface area contributed by atoms with Crippen LogP contribution >= 0.6 is 0 Å². The summed E-state index contributed by atoms with van der Waals surface area (Å²) in [4.78, 5) is 20.1. The number of rotatable bonds is 4. The number of carbonyl (C=O) groups excluding carboxylic acids is 1. The van der Waals surface area contributed by atoms with E-state index in [1.54, 1.807) is 0 Å². The summed E-state index contributed by atoms with van der Waals surface area (Å²) in [5.41, 5.74) is 1.93. The summed E-state index contributed by atoms with van der Waals surface area (Å²) < 4.78 is 5.41. The number of hydrogen-bond acceptors (Lipinski definition) is 5. The first kappa shape index (κ1) is 19.7. The van der Waals surface area contributed by atoms with E-state index in [2.05, 4.69) is 39.2 Å². The summed E-state index contributed by atoms with van der Waals surface area (Å²) in [6.45, 7) is 7.93. The summed E-state index contributed by atoms with van der Waals surface area (Å²) in [5, 5.41) is 3.29. The average Bonchev–Trinajstić information content (AvgIpc) is 2.75. The minimum atomic E-state index is 0.0590. The highest BCUT2D eigenvalue weighted by molar-refractivity contribution is 5.94. The van der Waals surface area contributed by atoms with Crippen molar-refractivity contribution in [1.29, 1.82) is 0 Å². The molecule has 1 N–H and O–H groups in total. The molecule has 6 heteroatoms. The second-order valence-corrected chi connectivity index (χ2v) is 8.49. The number of amides is 1. The van der Waals surface area contributed by atoms with Gasteiger partial charge in [0.1, 0.15) is 0 Å². The van der Waals surface area contributed by atoms with Crippen LogP contribution in [0.15, 0.2) is 24.3 Å². The van der Waals surface area contributed by atoms with Crippen LogP contribution in [-0.2, 0) is 4.74 Å². The van der Waals surface area contributed by atoms with Crippen molar-refractivity contribution in [2.75, 3.05) is 64.4 Å². The van der Waals surface area contributed by atoms with Crippen molar-refractivity contribution >= 4 is 11.6 Å². The Hall–Kier alpha value is -1.63. The van der Waals surface area contributed by atoms with E-state index in [1.165, 1.54) is 44.6 Å². The van der Waals surface area contributed by atoms with Gasteiger partial charge < -0.3 is 19.9 Å². The fraction of sp³-hybridized carbons (Fsp3) is 0.682. The molecule has 3 heterocycles. The van der Waals surface area contributed by atoms with Crippen LogP contribution in [0.3, 0.4) is 0 Å². The Morgan fingerprint density at radius 3 is 2.43 bits per heavy atom. The van der Waals surface area contributed by atoms with Gasteiger partial charge >= 0.3 is 0 Å². The molecule has 0 spiro atoms. The lowest BCUT2D eigenvalue weighted by atomic mass is 9.98. The van der Waals surface area contributed by atoms with Crippen LogP contribution in [-0.4, -0.2) is 87.3 Å². The molecule has 1 atom stereocenters. The highest BCUT2D eigenvalue weighted by atomic mass is 16.5. The van der Waals surface area contributed by atoms with Gasteiger partial charge in [-0.15, -0.1) is 0 Å². The van der Waals surface area contributed by atoms with Gasteiger partial charge in [0.2, 0.25) is 0 Å². The van der Waals surface area contributed by atoms with Crippen molar-refractivity contribution in [3.8, 4) is 0 Å². The third-order valence-electron chi connectivity index (χ3n) is 6.50. The smallest absolute Gasteiger partial charge is 0.251 e. The first-order valence-electron chi connectivity index (χ1n) is 10.9. The second kappa shape index (κ2) is 9.25. The van der Waals surface area contributed by atoms with Gasteiger partial charge in [-0.25, -0.2) is 0 Å². The molecular formula is C22H34N4O2. The molecular weight excluding hydrogens is 352 g/mol. The van der Waals surface area contributed by atoms with E-state index in [-0.39, 0.29) is 11.9 Å². The van der Waals surface area contributed by atoms with Gasteiger partial charge in [-0.1, -0.05) is 0 Å². The van der Waals surface area contributed by atoms with Crippen molar-refractivity contribution in [2.45, 2.75) is 37.8 Å². The van der Waals surface area contributed by atoms with Gasteiger partial charge in [0.25, 0.3) is 5.91 Å². The average molecular weight is 387 g/mol. The Labute approximate surface area is 168 Å². The Morgan fingerprint density at radius 1 is 1.00 bits per heavy atom. The van der Waals surface area contributed by atoms with E-state index >= 15 is 0 Å². The van der Waals surface area contributed by atoms with Crippen LogP contribution in [0.4, 0.5) is 5.69 Å². The number of likely N-dealkylation sites (tertiary alicyclic amines) is 2. The van der Waals surface area contributed by atoms with Crippen LogP contribution in [0, 0.1) is 0 Å². The van der Waals surface area contributed by atoms with Crippen molar-refractivity contribution in [3.05, 3.63) is 29.8 Å². The Bertz CT molecular complexity index is 636. The standard InChI is InChI=1S/C22H34N4O2/c1-24-11-8-21(9-12-24)26-10-2-3-19(17-26)23-22(27)18-4-6-20(7-5-18)25-13-15-28-16-14-25/h4-7,19,21H,2-3,8-17H2,1H3,(H,23,27)/t19-/m1/s1. The molecule has 0 saturated carbocycles. The molecule has 154 valence electrons. The lowest BCUT2D eigenvalue weighted by Gasteiger charge is -2.41. The van der Waals surface area contributed by atoms with Gasteiger partial charge in [0, 0.05) is 43.0 Å². The zero-order valence-corrected chi connectivity index (χ0v) is 17.1. The van der Waals surface area contributed by atoms with Crippen LogP contribution in [0.25, 0.3) is 0 Å². The summed E-state index contributed by atoms with van der Waals surface area (Å²) in [7, 11) is 2.21. The van der Waals surface area contributed by atoms with Crippen molar-refractivity contribution in [3.63, 3.8) is 0 Å². The number of hydrogen-bond donors (Lipinski definition) is 1. The van der Waals surface area contributed by atoms with Crippen LogP contribution in [0.5, 0.6) is 0 Å². The normalized spacial score (nSPS) is 25.6. The predicted molar refractivity (Wildman–Crippen MR) is 112 cm³/mol. The fourth-order valence-electron chi connectivity index (χ4n) is 4.73. The molecule has 1 aromatic carbocycles. The number of morpholine rings is 1. The molecule has 0 aromatic heterocycles. The van der Waals surface area contributed by atoms with Crippen molar-refractivity contribution < 1.29 is 9.53 Å². The third kappa shape index (κ3) is 4.85. The first-order chi connectivity index (χ1) is 13.7. The number of nitrogens with zero attached hydrogens (tertiary/aromatic N) is 3. The number of ether oxygens (including phenoxy) is 1. The van der Waals surface area contributed by atoms with E-state index in [0.29, 0.717) is 6.04 Å². The number of nitrogens with one attached hydrogen (secondary N) is 1. The number of anilines is 1. The number of piperidine rings is 2. The SMILES string of the molecule is CN1CCC(N2CCC[C@@H](NC(=O)c3ccc(N4CCOCC4)cc3)C2)CC1. The first-order valence-corrected chi connectivity index (χ1v) is 10.9. The van der Waals surface area contributed by atoms with E-state index in [0.717, 1.165) is 44.8 Å². The molecule has 28 heavy (non-hydrogen) atoms. The van der Waals surface area contributed by atoms with E-state index in [9.17, 15) is 4.79 Å². The maximum absolute atomic E-state index is 12.8. The highest BCUT2D eigenvalue weighted by Crippen LogP contribution is 2.21. The second-order valence-electron chi connectivity index (χ2n) is 8.49. The molecule has 0 unspecified atom stereocenters. The van der Waals surface area contributed by atoms with Gasteiger partial charge in [-0.3, -0.25) is 9.69 Å². The van der Waals surface area contributed by atoms with Crippen molar-refractivity contribution in [2.24, 2.45) is 0 Å². The molecule has 3 fully saturated rings. The fourth-order valence-corrected chi connectivity index (χ4v) is 4.73. The van der Waals surface area contributed by atoms with Gasteiger partial charge in [0.15, 0.2) is 0 Å². The van der Waals surface area contributed by atoms with Gasteiger partial charge in [0.05, 0.1) is 13.2 Å². The van der Waals surface area contributed by atoms with E-state index in [1.807, 2.05) is 12.1 Å². The predicted octanol–water partition coefficient (Wildman–Crippen LogP) is 1.81. The Balaban J connectivity index is 1.30. The van der Waals surface area contributed by atoms with Gasteiger partial charge in [-0.05, 0) is 76.6 Å². The summed E-state index contributed by atoms with van der Waals surface area (Å²) in [6, 6.07) is 8.98. The minimum Gasteiger partial charge on any atom is -0.378 e. The Morgan fingerprint density at radius 2 is 1.71 bits per heavy atom. The molecule has 0 radical (unpaired) electrons. The molecule has 4 rings (SSSR count). The zero-order chi connectivity index (χ0) is 19.3. The third-order valence-corrected chi connectivity index (χ3v) is 6.50. The van der Waals surface area contributed by atoms with E-state index < -0.39 is 0 Å². The maximum Gasteiger partial charge on any atom is 0.251 e. The summed E-state index contributed by atoms with van der Waals surface area (Å²) in [6.07, 6.45) is 4.76. The largest absolute Gasteiger partial charge is 0.378 e. The topological polar surface area (TPSA) is 48.0 Å². The molecule has 3 aliphatic rings. The maximum atomic E-state index is 12.8. The minimum absolute atomic E-state index is 0.0590. The van der Waals surface area contributed by atoms with Crippen molar-refractivity contribution in [1.82, 2.24) is 15.1 Å². The molecule has 1 amide bonds. The molecule has 3 saturated heterocycles. The number of benzene rings is 1. The Kier molecular flexibility index (Phi) is 6.50. The zero-order valence-electron chi connectivity index (χ0n) is 17.1. The molecule has 6 nitrogen and oxygen atoms in total. The quantitative estimate of drug-likeness (QED) is 0.855. The van der Waals surface area contributed by atoms with Gasteiger partial charge in [-0.2, -0.15) is 0 Å². The van der Waals surface area contributed by atoms with E-state index in [4.69, 9.17) is 4.74 Å². The summed E-state index contributed by atoms with van der Waals surface area (Å²) in [5.74, 6) is 0.0590. The highest BCUT2D eigenvalue weighted by Gasteiger charge is 2.28. The lowest BCUT2D eigenvalue weighted by Crippen LogP contribution is -2.53.